The third kappa shape index (κ3) is 2.64. The van der Waals surface area contributed by atoms with E-state index in [1.165, 1.54) is 22.9 Å². The van der Waals surface area contributed by atoms with E-state index in [1.807, 2.05) is 20.8 Å². The van der Waals surface area contributed by atoms with Crippen LogP contribution in [0.15, 0.2) is 35.3 Å². The number of benzene rings is 1. The number of aromatic amines is 1. The van der Waals surface area contributed by atoms with Gasteiger partial charge in [0.2, 0.25) is 0 Å². The SMILES string of the molecule is CC(C)(C)c1c[nH]c(=O)n1-c1cccc(C(F)(F)F)c1. The Morgan fingerprint density at radius 1 is 1.15 bits per heavy atom. The zero-order valence-corrected chi connectivity index (χ0v) is 11.4. The lowest BCUT2D eigenvalue weighted by atomic mass is 9.92. The number of H-pyrrole nitrogens is 1. The van der Waals surface area contributed by atoms with Gasteiger partial charge >= 0.3 is 11.9 Å². The van der Waals surface area contributed by atoms with Crippen molar-refractivity contribution in [1.29, 1.82) is 0 Å². The zero-order valence-electron chi connectivity index (χ0n) is 11.4. The Morgan fingerprint density at radius 3 is 2.35 bits per heavy atom. The first-order valence-corrected chi connectivity index (χ1v) is 6.09. The van der Waals surface area contributed by atoms with Crippen LogP contribution >= 0.6 is 0 Å². The van der Waals surface area contributed by atoms with Gasteiger partial charge < -0.3 is 4.98 Å². The van der Waals surface area contributed by atoms with Crippen LogP contribution in [0.2, 0.25) is 0 Å². The highest BCUT2D eigenvalue weighted by Gasteiger charge is 2.31. The summed E-state index contributed by atoms with van der Waals surface area (Å²) >= 11 is 0. The maximum absolute atomic E-state index is 12.7. The molecule has 0 saturated carbocycles. The van der Waals surface area contributed by atoms with Crippen LogP contribution in [0.25, 0.3) is 5.69 Å². The predicted octanol–water partition coefficient (Wildman–Crippen LogP) is 3.48. The number of imidazole rings is 1. The molecule has 3 nitrogen and oxygen atoms in total. The van der Waals surface area contributed by atoms with Gasteiger partial charge in [0.1, 0.15) is 0 Å². The van der Waals surface area contributed by atoms with Crippen molar-refractivity contribution in [2.24, 2.45) is 0 Å². The van der Waals surface area contributed by atoms with Crippen LogP contribution in [-0.4, -0.2) is 9.55 Å². The average molecular weight is 284 g/mol. The Hall–Kier alpha value is -1.98. The maximum atomic E-state index is 12.7. The van der Waals surface area contributed by atoms with Crippen molar-refractivity contribution < 1.29 is 13.2 Å². The van der Waals surface area contributed by atoms with Crippen molar-refractivity contribution in [2.45, 2.75) is 32.4 Å². The summed E-state index contributed by atoms with van der Waals surface area (Å²) in [5.41, 5.74) is -0.761. The Labute approximate surface area is 114 Å². The summed E-state index contributed by atoms with van der Waals surface area (Å²) in [4.78, 5) is 14.4. The topological polar surface area (TPSA) is 37.8 Å². The molecule has 0 aliphatic carbocycles. The van der Waals surface area contributed by atoms with E-state index >= 15 is 0 Å². The second-order valence-electron chi connectivity index (χ2n) is 5.61. The minimum Gasteiger partial charge on any atom is -0.312 e. The van der Waals surface area contributed by atoms with Crippen LogP contribution in [0.5, 0.6) is 0 Å². The molecule has 0 aliphatic heterocycles. The van der Waals surface area contributed by atoms with E-state index in [2.05, 4.69) is 4.98 Å². The van der Waals surface area contributed by atoms with Crippen molar-refractivity contribution in [3.8, 4) is 5.69 Å². The third-order valence-electron chi connectivity index (χ3n) is 2.98. The monoisotopic (exact) mass is 284 g/mol. The highest BCUT2D eigenvalue weighted by Crippen LogP contribution is 2.31. The van der Waals surface area contributed by atoms with Crippen LogP contribution in [0, 0.1) is 0 Å². The number of nitrogens with zero attached hydrogens (tertiary/aromatic N) is 1. The van der Waals surface area contributed by atoms with Crippen molar-refractivity contribution in [3.63, 3.8) is 0 Å². The lowest BCUT2D eigenvalue weighted by Crippen LogP contribution is -2.23. The molecule has 1 N–H and O–H groups in total. The molecule has 0 fully saturated rings. The number of rotatable bonds is 1. The number of alkyl halides is 3. The van der Waals surface area contributed by atoms with Gasteiger partial charge in [0.05, 0.1) is 11.3 Å². The van der Waals surface area contributed by atoms with E-state index in [0.29, 0.717) is 5.69 Å². The van der Waals surface area contributed by atoms with Gasteiger partial charge in [0, 0.05) is 17.3 Å². The molecule has 0 spiro atoms. The van der Waals surface area contributed by atoms with Gasteiger partial charge in [-0.15, -0.1) is 0 Å². The van der Waals surface area contributed by atoms with E-state index in [-0.39, 0.29) is 11.1 Å². The molecule has 0 aliphatic rings. The van der Waals surface area contributed by atoms with Crippen molar-refractivity contribution >= 4 is 0 Å². The van der Waals surface area contributed by atoms with Crippen molar-refractivity contribution in [2.75, 3.05) is 0 Å². The van der Waals surface area contributed by atoms with Gasteiger partial charge in [-0.2, -0.15) is 13.2 Å². The number of halogens is 3. The van der Waals surface area contributed by atoms with Gasteiger partial charge in [-0.3, -0.25) is 4.57 Å². The fourth-order valence-electron chi connectivity index (χ4n) is 2.00. The minimum atomic E-state index is -4.43. The normalized spacial score (nSPS) is 12.7. The Kier molecular flexibility index (Phi) is 3.28. The molecule has 0 radical (unpaired) electrons. The number of nitrogens with one attached hydrogen (secondary N) is 1. The second kappa shape index (κ2) is 4.54. The molecule has 108 valence electrons. The van der Waals surface area contributed by atoms with E-state index in [0.717, 1.165) is 12.1 Å². The predicted molar refractivity (Wildman–Crippen MR) is 70.1 cm³/mol. The van der Waals surface area contributed by atoms with Crippen molar-refractivity contribution in [3.05, 3.63) is 52.2 Å². The van der Waals surface area contributed by atoms with Crippen LogP contribution in [0.4, 0.5) is 13.2 Å². The van der Waals surface area contributed by atoms with E-state index in [4.69, 9.17) is 0 Å². The molecule has 0 unspecified atom stereocenters. The molecule has 0 bridgehead atoms. The molecule has 2 aromatic rings. The smallest absolute Gasteiger partial charge is 0.312 e. The summed E-state index contributed by atoms with van der Waals surface area (Å²) in [5, 5.41) is 0. The first-order valence-electron chi connectivity index (χ1n) is 6.09. The van der Waals surface area contributed by atoms with Crippen LogP contribution < -0.4 is 5.69 Å². The lowest BCUT2D eigenvalue weighted by molar-refractivity contribution is -0.137. The van der Waals surface area contributed by atoms with Crippen LogP contribution in [0.1, 0.15) is 32.0 Å². The van der Waals surface area contributed by atoms with Crippen LogP contribution in [0.3, 0.4) is 0 Å². The molecule has 1 heterocycles. The standard InChI is InChI=1S/C14H15F3N2O/c1-13(2,3)11-8-18-12(20)19(11)10-6-4-5-9(7-10)14(15,16)17/h4-8H,1-3H3,(H,18,20). The summed E-state index contributed by atoms with van der Waals surface area (Å²) in [6.45, 7) is 5.67. The summed E-state index contributed by atoms with van der Waals surface area (Å²) < 4.78 is 39.5. The molecule has 20 heavy (non-hydrogen) atoms. The number of hydrogen-bond acceptors (Lipinski definition) is 1. The minimum absolute atomic E-state index is 0.205. The summed E-state index contributed by atoms with van der Waals surface area (Å²) in [7, 11) is 0. The lowest BCUT2D eigenvalue weighted by Gasteiger charge is -2.20. The Balaban J connectivity index is 2.64. The van der Waals surface area contributed by atoms with Crippen molar-refractivity contribution in [1.82, 2.24) is 9.55 Å². The maximum Gasteiger partial charge on any atom is 0.416 e. The fourth-order valence-corrected chi connectivity index (χ4v) is 2.00. The van der Waals surface area contributed by atoms with E-state index in [1.54, 1.807) is 0 Å². The Morgan fingerprint density at radius 2 is 1.80 bits per heavy atom. The van der Waals surface area contributed by atoms with E-state index in [9.17, 15) is 18.0 Å². The molecular weight excluding hydrogens is 269 g/mol. The quantitative estimate of drug-likeness (QED) is 0.855. The number of hydrogen-bond donors (Lipinski definition) is 1. The molecule has 0 amide bonds. The largest absolute Gasteiger partial charge is 0.416 e. The average Bonchev–Trinajstić information content (AvgIpc) is 2.70. The molecular formula is C14H15F3N2O. The van der Waals surface area contributed by atoms with Gasteiger partial charge in [-0.25, -0.2) is 4.79 Å². The molecule has 6 heteroatoms. The first-order chi connectivity index (χ1) is 9.10. The fraction of sp³-hybridized carbons (Fsp3) is 0.357. The number of aromatic nitrogens is 2. The van der Waals surface area contributed by atoms with Gasteiger partial charge in [-0.1, -0.05) is 26.8 Å². The highest BCUT2D eigenvalue weighted by molar-refractivity contribution is 5.39. The third-order valence-corrected chi connectivity index (χ3v) is 2.98. The second-order valence-corrected chi connectivity index (χ2v) is 5.61. The Bertz CT molecular complexity index is 675. The summed E-state index contributed by atoms with van der Waals surface area (Å²) in [6.07, 6.45) is -2.90. The first kappa shape index (κ1) is 14.4. The molecule has 1 aromatic carbocycles. The van der Waals surface area contributed by atoms with E-state index < -0.39 is 17.4 Å². The molecule has 1 aromatic heterocycles. The van der Waals surface area contributed by atoms with Gasteiger partial charge in [0.15, 0.2) is 0 Å². The van der Waals surface area contributed by atoms with Gasteiger partial charge in [0.25, 0.3) is 0 Å². The molecule has 0 atom stereocenters. The summed E-state index contributed by atoms with van der Waals surface area (Å²) in [5.74, 6) is 0. The zero-order chi connectivity index (χ0) is 15.1. The van der Waals surface area contributed by atoms with Gasteiger partial charge in [-0.05, 0) is 18.2 Å². The van der Waals surface area contributed by atoms with Crippen LogP contribution in [-0.2, 0) is 11.6 Å². The molecule has 0 saturated heterocycles. The summed E-state index contributed by atoms with van der Waals surface area (Å²) in [6, 6.07) is 4.74. The highest BCUT2D eigenvalue weighted by atomic mass is 19.4. The molecule has 2 rings (SSSR count).